The molecule has 1 aliphatic rings. The van der Waals surface area contributed by atoms with Crippen LogP contribution in [0, 0.1) is 6.92 Å². The molecular weight excluding hydrogens is 264 g/mol. The maximum Gasteiger partial charge on any atom is 0.252 e. The second-order valence-electron chi connectivity index (χ2n) is 4.48. The molecule has 1 saturated heterocycles. The number of carbonyl (C=O) groups is 3. The van der Waals surface area contributed by atoms with Crippen molar-refractivity contribution in [3.05, 3.63) is 29.3 Å². The van der Waals surface area contributed by atoms with Crippen LogP contribution in [-0.2, 0) is 9.59 Å². The van der Waals surface area contributed by atoms with Crippen LogP contribution in [0.2, 0.25) is 0 Å². The lowest BCUT2D eigenvalue weighted by molar-refractivity contribution is -0.134. The summed E-state index contributed by atoms with van der Waals surface area (Å²) in [6, 6.07) is 4.58. The van der Waals surface area contributed by atoms with Crippen LogP contribution in [0.25, 0.3) is 0 Å². The molecule has 1 heterocycles. The van der Waals surface area contributed by atoms with Gasteiger partial charge >= 0.3 is 0 Å². The van der Waals surface area contributed by atoms with Crippen LogP contribution in [0.1, 0.15) is 28.8 Å². The Morgan fingerprint density at radius 3 is 2.84 bits per heavy atom. The summed E-state index contributed by atoms with van der Waals surface area (Å²) < 4.78 is 0. The maximum atomic E-state index is 12.1. The van der Waals surface area contributed by atoms with Crippen molar-refractivity contribution in [1.82, 2.24) is 10.6 Å². The minimum Gasteiger partial charge on any atom is -0.340 e. The summed E-state index contributed by atoms with van der Waals surface area (Å²) in [5, 5.41) is 4.84. The Balaban J connectivity index is 2.11. The fourth-order valence-corrected chi connectivity index (χ4v) is 2.13. The van der Waals surface area contributed by atoms with Gasteiger partial charge in [-0.05, 0) is 31.0 Å². The van der Waals surface area contributed by atoms with E-state index < -0.39 is 11.9 Å². The third kappa shape index (κ3) is 3.14. The smallest absolute Gasteiger partial charge is 0.252 e. The third-order valence-electron chi connectivity index (χ3n) is 3.01. The van der Waals surface area contributed by atoms with Gasteiger partial charge in [0, 0.05) is 16.9 Å². The van der Waals surface area contributed by atoms with E-state index in [1.807, 2.05) is 6.92 Å². The number of thiol groups is 1. The van der Waals surface area contributed by atoms with Gasteiger partial charge in [0.2, 0.25) is 11.8 Å². The Bertz CT molecular complexity index is 557. The highest BCUT2D eigenvalue weighted by Crippen LogP contribution is 2.15. The summed E-state index contributed by atoms with van der Waals surface area (Å²) in [5.41, 5.74) is 1.29. The van der Waals surface area contributed by atoms with Crippen LogP contribution in [-0.4, -0.2) is 23.8 Å². The SMILES string of the molecule is Cc1ccc(S)cc1C(=O)NC1CCC(=O)NC1=O. The molecule has 19 heavy (non-hydrogen) atoms. The number of amides is 3. The standard InChI is InChI=1S/C13H14N2O3S/c1-7-2-3-8(19)6-9(7)12(17)14-10-4-5-11(16)15-13(10)18/h2-3,6,10,19H,4-5H2,1H3,(H,14,17)(H,15,16,18). The molecule has 0 saturated carbocycles. The first-order valence-electron chi connectivity index (χ1n) is 5.91. The summed E-state index contributed by atoms with van der Waals surface area (Å²) in [7, 11) is 0. The number of benzene rings is 1. The number of hydrogen-bond acceptors (Lipinski definition) is 4. The Morgan fingerprint density at radius 2 is 2.16 bits per heavy atom. The van der Waals surface area contributed by atoms with Crippen LogP contribution in [0.4, 0.5) is 0 Å². The molecule has 100 valence electrons. The minimum absolute atomic E-state index is 0.238. The Hall–Kier alpha value is -1.82. The predicted molar refractivity (Wildman–Crippen MR) is 72.1 cm³/mol. The molecule has 2 N–H and O–H groups in total. The zero-order valence-electron chi connectivity index (χ0n) is 10.4. The summed E-state index contributed by atoms with van der Waals surface area (Å²) in [5.74, 6) is -1.09. The summed E-state index contributed by atoms with van der Waals surface area (Å²) >= 11 is 4.19. The number of piperidine rings is 1. The molecule has 0 radical (unpaired) electrons. The molecule has 0 aliphatic carbocycles. The van der Waals surface area contributed by atoms with E-state index >= 15 is 0 Å². The average Bonchev–Trinajstić information content (AvgIpc) is 2.35. The fourth-order valence-electron chi connectivity index (χ4n) is 1.92. The highest BCUT2D eigenvalue weighted by molar-refractivity contribution is 7.80. The number of imide groups is 1. The molecule has 1 unspecified atom stereocenters. The third-order valence-corrected chi connectivity index (χ3v) is 3.29. The maximum absolute atomic E-state index is 12.1. The summed E-state index contributed by atoms with van der Waals surface area (Å²) in [6.45, 7) is 1.81. The zero-order chi connectivity index (χ0) is 14.0. The fraction of sp³-hybridized carbons (Fsp3) is 0.308. The summed E-state index contributed by atoms with van der Waals surface area (Å²) in [6.07, 6.45) is 0.568. The average molecular weight is 278 g/mol. The Labute approximate surface area is 116 Å². The van der Waals surface area contributed by atoms with Crippen molar-refractivity contribution < 1.29 is 14.4 Å². The first kappa shape index (κ1) is 13.6. The number of hydrogen-bond donors (Lipinski definition) is 3. The van der Waals surface area contributed by atoms with E-state index in [0.717, 1.165) is 5.56 Å². The van der Waals surface area contributed by atoms with E-state index in [1.165, 1.54) is 0 Å². The van der Waals surface area contributed by atoms with Crippen molar-refractivity contribution in [1.29, 1.82) is 0 Å². The van der Waals surface area contributed by atoms with Crippen molar-refractivity contribution in [3.63, 3.8) is 0 Å². The molecule has 3 amide bonds. The molecule has 1 fully saturated rings. The molecule has 1 aliphatic heterocycles. The number of carbonyl (C=O) groups excluding carboxylic acids is 3. The molecule has 0 aromatic heterocycles. The molecule has 0 spiro atoms. The molecule has 1 aromatic carbocycles. The first-order chi connectivity index (χ1) is 8.97. The van der Waals surface area contributed by atoms with E-state index in [2.05, 4.69) is 23.3 Å². The largest absolute Gasteiger partial charge is 0.340 e. The quantitative estimate of drug-likeness (QED) is 0.554. The van der Waals surface area contributed by atoms with Gasteiger partial charge in [-0.3, -0.25) is 19.7 Å². The lowest BCUT2D eigenvalue weighted by Gasteiger charge is -2.22. The first-order valence-corrected chi connectivity index (χ1v) is 6.36. The van der Waals surface area contributed by atoms with Gasteiger partial charge in [-0.25, -0.2) is 0 Å². The van der Waals surface area contributed by atoms with E-state index in [0.29, 0.717) is 16.9 Å². The van der Waals surface area contributed by atoms with Crippen LogP contribution >= 0.6 is 12.6 Å². The van der Waals surface area contributed by atoms with Gasteiger partial charge in [0.1, 0.15) is 6.04 Å². The zero-order valence-corrected chi connectivity index (χ0v) is 11.3. The van der Waals surface area contributed by atoms with Gasteiger partial charge in [-0.2, -0.15) is 0 Å². The van der Waals surface area contributed by atoms with Crippen molar-refractivity contribution >= 4 is 30.4 Å². The van der Waals surface area contributed by atoms with Crippen LogP contribution in [0.3, 0.4) is 0 Å². The monoisotopic (exact) mass is 278 g/mol. The normalized spacial score (nSPS) is 18.9. The van der Waals surface area contributed by atoms with Gasteiger partial charge in [0.15, 0.2) is 0 Å². The minimum atomic E-state index is -0.659. The van der Waals surface area contributed by atoms with Crippen LogP contribution < -0.4 is 10.6 Å². The predicted octanol–water partition coefficient (Wildman–Crippen LogP) is 0.819. The van der Waals surface area contributed by atoms with E-state index in [9.17, 15) is 14.4 Å². The number of nitrogens with one attached hydrogen (secondary N) is 2. The summed E-state index contributed by atoms with van der Waals surface area (Å²) in [4.78, 5) is 35.4. The van der Waals surface area contributed by atoms with Gasteiger partial charge < -0.3 is 5.32 Å². The molecule has 1 atom stereocenters. The highest BCUT2D eigenvalue weighted by Gasteiger charge is 2.28. The number of aryl methyl sites for hydroxylation is 1. The molecule has 5 nitrogen and oxygen atoms in total. The van der Waals surface area contributed by atoms with Gasteiger partial charge in [-0.1, -0.05) is 6.07 Å². The lowest BCUT2D eigenvalue weighted by atomic mass is 10.0. The second kappa shape index (κ2) is 5.44. The molecular formula is C13H14N2O3S. The van der Waals surface area contributed by atoms with Crippen molar-refractivity contribution in [2.75, 3.05) is 0 Å². The highest BCUT2D eigenvalue weighted by atomic mass is 32.1. The van der Waals surface area contributed by atoms with E-state index in [-0.39, 0.29) is 18.2 Å². The van der Waals surface area contributed by atoms with Gasteiger partial charge in [0.25, 0.3) is 5.91 Å². The van der Waals surface area contributed by atoms with E-state index in [4.69, 9.17) is 0 Å². The second-order valence-corrected chi connectivity index (χ2v) is 4.99. The van der Waals surface area contributed by atoms with Crippen molar-refractivity contribution in [2.45, 2.75) is 30.7 Å². The van der Waals surface area contributed by atoms with Gasteiger partial charge in [-0.15, -0.1) is 12.6 Å². The molecule has 6 heteroatoms. The molecule has 2 rings (SSSR count). The number of rotatable bonds is 2. The lowest BCUT2D eigenvalue weighted by Crippen LogP contribution is -2.52. The van der Waals surface area contributed by atoms with Gasteiger partial charge in [0.05, 0.1) is 0 Å². The molecule has 1 aromatic rings. The van der Waals surface area contributed by atoms with E-state index in [1.54, 1.807) is 18.2 Å². The molecule has 0 bridgehead atoms. The van der Waals surface area contributed by atoms with Crippen LogP contribution in [0.5, 0.6) is 0 Å². The topological polar surface area (TPSA) is 75.3 Å². The van der Waals surface area contributed by atoms with Crippen LogP contribution in [0.15, 0.2) is 23.1 Å². The van der Waals surface area contributed by atoms with Crippen molar-refractivity contribution in [3.8, 4) is 0 Å². The Kier molecular flexibility index (Phi) is 3.90. The van der Waals surface area contributed by atoms with Crippen molar-refractivity contribution in [2.24, 2.45) is 0 Å². The Morgan fingerprint density at radius 1 is 1.42 bits per heavy atom.